The zero-order valence-corrected chi connectivity index (χ0v) is 15.5. The van der Waals surface area contributed by atoms with E-state index in [1.165, 1.54) is 17.5 Å². The highest BCUT2D eigenvalue weighted by atomic mass is 32.1. The summed E-state index contributed by atoms with van der Waals surface area (Å²) in [4.78, 5) is 16.5. The molecule has 0 saturated heterocycles. The predicted molar refractivity (Wildman–Crippen MR) is 102 cm³/mol. The summed E-state index contributed by atoms with van der Waals surface area (Å²) in [6.07, 6.45) is 3.23. The van der Waals surface area contributed by atoms with Crippen LogP contribution in [0.5, 0.6) is 5.88 Å². The Hall–Kier alpha value is -2.80. The first-order chi connectivity index (χ1) is 12.7. The minimum Gasteiger partial charge on any atom is -0.470 e. The molecule has 0 aliphatic heterocycles. The second-order valence-electron chi connectivity index (χ2n) is 5.76. The van der Waals surface area contributed by atoms with Crippen LogP contribution < -0.4 is 10.1 Å². The number of amides is 1. The lowest BCUT2D eigenvalue weighted by Crippen LogP contribution is -2.12. The lowest BCUT2D eigenvalue weighted by molar-refractivity contribution is 0.102. The van der Waals surface area contributed by atoms with E-state index in [2.05, 4.69) is 27.4 Å². The van der Waals surface area contributed by atoms with Crippen LogP contribution in [0.3, 0.4) is 0 Å². The fraction of sp³-hybridized carbons (Fsp3) is 0.263. The van der Waals surface area contributed by atoms with Gasteiger partial charge < -0.3 is 4.74 Å². The Labute approximate surface area is 156 Å². The molecule has 3 rings (SSSR count). The van der Waals surface area contributed by atoms with E-state index in [0.717, 1.165) is 23.4 Å². The molecule has 1 aromatic carbocycles. The van der Waals surface area contributed by atoms with Gasteiger partial charge in [-0.3, -0.25) is 10.1 Å². The number of aryl methyl sites for hydroxylation is 1. The summed E-state index contributed by atoms with van der Waals surface area (Å²) in [5.74, 6) is 0.207. The number of pyridine rings is 1. The van der Waals surface area contributed by atoms with Gasteiger partial charge in [0, 0.05) is 18.7 Å². The van der Waals surface area contributed by atoms with E-state index in [1.54, 1.807) is 12.1 Å². The molecular formula is C19H20N4O2S. The van der Waals surface area contributed by atoms with Gasteiger partial charge in [0.05, 0.1) is 5.56 Å². The van der Waals surface area contributed by atoms with Gasteiger partial charge in [0.25, 0.3) is 5.91 Å². The molecule has 0 aliphatic rings. The number of hydrogen-bond donors (Lipinski definition) is 1. The molecule has 3 aromatic rings. The summed E-state index contributed by atoms with van der Waals surface area (Å²) < 4.78 is 5.82. The largest absolute Gasteiger partial charge is 0.470 e. The van der Waals surface area contributed by atoms with Gasteiger partial charge in [-0.2, -0.15) is 0 Å². The van der Waals surface area contributed by atoms with Crippen LogP contribution in [0.4, 0.5) is 5.13 Å². The van der Waals surface area contributed by atoms with E-state index in [-0.39, 0.29) is 12.0 Å². The first kappa shape index (κ1) is 18.0. The number of benzene rings is 1. The number of rotatable bonds is 7. The third-order valence-corrected chi connectivity index (χ3v) is 4.61. The summed E-state index contributed by atoms with van der Waals surface area (Å²) in [5.41, 5.74) is 1.51. The molecule has 7 heteroatoms. The SMILES string of the molecule is CCCc1nnc(NC(=O)c2ccc(O[C@H](C)c3ccccc3)nc2)s1. The minimum absolute atomic E-state index is 0.123. The zero-order chi connectivity index (χ0) is 18.4. The van der Waals surface area contributed by atoms with Gasteiger partial charge in [-0.15, -0.1) is 10.2 Å². The molecule has 1 N–H and O–H groups in total. The molecule has 0 aliphatic carbocycles. The van der Waals surface area contributed by atoms with E-state index in [0.29, 0.717) is 16.6 Å². The first-order valence-electron chi connectivity index (χ1n) is 8.47. The van der Waals surface area contributed by atoms with Crippen molar-refractivity contribution in [3.05, 3.63) is 64.8 Å². The smallest absolute Gasteiger partial charge is 0.259 e. The maximum atomic E-state index is 12.3. The standard InChI is InChI=1S/C19H20N4O2S/c1-3-7-17-22-23-19(26-17)21-18(24)15-10-11-16(20-12-15)25-13(2)14-8-5-4-6-9-14/h4-6,8-13H,3,7H2,1-2H3,(H,21,23,24)/t13-/m1/s1. The van der Waals surface area contributed by atoms with Crippen LogP contribution in [0.15, 0.2) is 48.7 Å². The molecule has 26 heavy (non-hydrogen) atoms. The van der Waals surface area contributed by atoms with Crippen molar-refractivity contribution in [1.82, 2.24) is 15.2 Å². The molecule has 2 heterocycles. The Morgan fingerprint density at radius 1 is 1.19 bits per heavy atom. The van der Waals surface area contributed by atoms with Gasteiger partial charge in [-0.05, 0) is 25.0 Å². The molecule has 0 bridgehead atoms. The zero-order valence-electron chi connectivity index (χ0n) is 14.7. The third kappa shape index (κ3) is 4.64. The van der Waals surface area contributed by atoms with Crippen molar-refractivity contribution in [1.29, 1.82) is 0 Å². The van der Waals surface area contributed by atoms with E-state index >= 15 is 0 Å². The number of aromatic nitrogens is 3. The molecule has 1 amide bonds. The van der Waals surface area contributed by atoms with Crippen LogP contribution in [0.25, 0.3) is 0 Å². The van der Waals surface area contributed by atoms with E-state index in [4.69, 9.17) is 4.74 Å². The monoisotopic (exact) mass is 368 g/mol. The maximum absolute atomic E-state index is 12.3. The highest BCUT2D eigenvalue weighted by Crippen LogP contribution is 2.21. The molecule has 0 unspecified atom stereocenters. The Bertz CT molecular complexity index is 849. The number of carbonyl (C=O) groups excluding carboxylic acids is 1. The maximum Gasteiger partial charge on any atom is 0.259 e. The fourth-order valence-corrected chi connectivity index (χ4v) is 3.18. The molecule has 0 spiro atoms. The predicted octanol–water partition coefficient (Wildman–Crippen LogP) is 4.28. The van der Waals surface area contributed by atoms with Crippen LogP contribution in [-0.2, 0) is 6.42 Å². The molecule has 6 nitrogen and oxygen atoms in total. The summed E-state index contributed by atoms with van der Waals surface area (Å²) in [5, 5.41) is 12.2. The Morgan fingerprint density at radius 2 is 2.00 bits per heavy atom. The molecule has 2 aromatic heterocycles. The highest BCUT2D eigenvalue weighted by molar-refractivity contribution is 7.15. The summed E-state index contributed by atoms with van der Waals surface area (Å²) in [6.45, 7) is 4.04. The van der Waals surface area contributed by atoms with E-state index in [9.17, 15) is 4.79 Å². The van der Waals surface area contributed by atoms with Crippen LogP contribution in [0, 0.1) is 0 Å². The van der Waals surface area contributed by atoms with Gasteiger partial charge in [-0.25, -0.2) is 4.98 Å². The fourth-order valence-electron chi connectivity index (χ4n) is 2.35. The Kier molecular flexibility index (Phi) is 5.91. The lowest BCUT2D eigenvalue weighted by atomic mass is 10.1. The van der Waals surface area contributed by atoms with Crippen molar-refractivity contribution in [2.75, 3.05) is 5.32 Å². The van der Waals surface area contributed by atoms with Crippen molar-refractivity contribution in [3.63, 3.8) is 0 Å². The van der Waals surface area contributed by atoms with Crippen molar-refractivity contribution in [2.45, 2.75) is 32.8 Å². The molecule has 134 valence electrons. The number of ether oxygens (including phenoxy) is 1. The van der Waals surface area contributed by atoms with Gasteiger partial charge in [0.2, 0.25) is 11.0 Å². The van der Waals surface area contributed by atoms with E-state index in [1.807, 2.05) is 37.3 Å². The normalized spacial score (nSPS) is 11.8. The number of anilines is 1. The van der Waals surface area contributed by atoms with Gasteiger partial charge in [0.1, 0.15) is 11.1 Å². The van der Waals surface area contributed by atoms with Crippen molar-refractivity contribution in [3.8, 4) is 5.88 Å². The van der Waals surface area contributed by atoms with Crippen molar-refractivity contribution >= 4 is 22.4 Å². The molecule has 0 saturated carbocycles. The van der Waals surface area contributed by atoms with E-state index < -0.39 is 0 Å². The summed E-state index contributed by atoms with van der Waals surface area (Å²) >= 11 is 1.39. The van der Waals surface area contributed by atoms with Crippen molar-refractivity contribution in [2.24, 2.45) is 0 Å². The highest BCUT2D eigenvalue weighted by Gasteiger charge is 2.12. The molecular weight excluding hydrogens is 348 g/mol. The van der Waals surface area contributed by atoms with Gasteiger partial charge in [-0.1, -0.05) is 48.6 Å². The quantitative estimate of drug-likeness (QED) is 0.673. The average Bonchev–Trinajstić information content (AvgIpc) is 3.10. The van der Waals surface area contributed by atoms with Crippen LogP contribution in [0.1, 0.15) is 47.3 Å². The number of carbonyl (C=O) groups is 1. The lowest BCUT2D eigenvalue weighted by Gasteiger charge is -2.14. The molecule has 0 fully saturated rings. The number of nitrogens with one attached hydrogen (secondary N) is 1. The first-order valence-corrected chi connectivity index (χ1v) is 9.28. The molecule has 1 atom stereocenters. The second kappa shape index (κ2) is 8.53. The average molecular weight is 368 g/mol. The van der Waals surface area contributed by atoms with Crippen LogP contribution in [-0.4, -0.2) is 21.1 Å². The van der Waals surface area contributed by atoms with Crippen LogP contribution >= 0.6 is 11.3 Å². The minimum atomic E-state index is -0.264. The second-order valence-corrected chi connectivity index (χ2v) is 6.82. The van der Waals surface area contributed by atoms with Gasteiger partial charge >= 0.3 is 0 Å². The summed E-state index contributed by atoms with van der Waals surface area (Å²) in [6, 6.07) is 13.3. The number of nitrogens with zero attached hydrogens (tertiary/aromatic N) is 3. The number of hydrogen-bond acceptors (Lipinski definition) is 6. The Morgan fingerprint density at radius 3 is 2.69 bits per heavy atom. The Balaban J connectivity index is 1.60. The van der Waals surface area contributed by atoms with Crippen molar-refractivity contribution < 1.29 is 9.53 Å². The molecule has 0 radical (unpaired) electrons. The van der Waals surface area contributed by atoms with Crippen LogP contribution in [0.2, 0.25) is 0 Å². The topological polar surface area (TPSA) is 77.0 Å². The summed E-state index contributed by atoms with van der Waals surface area (Å²) in [7, 11) is 0. The third-order valence-electron chi connectivity index (χ3n) is 3.72. The van der Waals surface area contributed by atoms with Gasteiger partial charge in [0.15, 0.2) is 0 Å².